The van der Waals surface area contributed by atoms with Crippen molar-refractivity contribution < 1.29 is 22.7 Å². The summed E-state index contributed by atoms with van der Waals surface area (Å²) in [6.45, 7) is 7.02. The zero-order valence-corrected chi connectivity index (χ0v) is 25.7. The summed E-state index contributed by atoms with van der Waals surface area (Å²) in [5, 5.41) is 3.31. The first kappa shape index (κ1) is 32.0. The molecule has 2 atom stereocenters. The minimum atomic E-state index is -4.17. The van der Waals surface area contributed by atoms with Crippen LogP contribution in [0.5, 0.6) is 5.75 Å². The van der Waals surface area contributed by atoms with Crippen molar-refractivity contribution in [2.75, 3.05) is 18.0 Å². The fraction of sp³-hybridized carbons (Fsp3) is 0.355. The van der Waals surface area contributed by atoms with Crippen molar-refractivity contribution in [1.82, 2.24) is 10.2 Å². The topological polar surface area (TPSA) is 96.0 Å². The molecule has 3 rings (SSSR count). The molecule has 0 saturated carbocycles. The van der Waals surface area contributed by atoms with E-state index in [1.165, 1.54) is 23.1 Å². The maximum Gasteiger partial charge on any atom is 0.264 e. The van der Waals surface area contributed by atoms with Gasteiger partial charge in [0.15, 0.2) is 0 Å². The molecule has 0 spiro atoms. The highest BCUT2D eigenvalue weighted by Crippen LogP contribution is 2.30. The van der Waals surface area contributed by atoms with Gasteiger partial charge in [-0.25, -0.2) is 8.42 Å². The smallest absolute Gasteiger partial charge is 0.264 e. The number of hydrogen-bond donors (Lipinski definition) is 1. The van der Waals surface area contributed by atoms with E-state index < -0.39 is 28.5 Å². The van der Waals surface area contributed by atoms with E-state index in [1.807, 2.05) is 32.9 Å². The molecule has 0 radical (unpaired) electrons. The van der Waals surface area contributed by atoms with Crippen LogP contribution in [-0.2, 0) is 26.2 Å². The number of hydrogen-bond acceptors (Lipinski definition) is 5. The summed E-state index contributed by atoms with van der Waals surface area (Å²) in [6.07, 6.45) is 1.07. The third-order valence-electron chi connectivity index (χ3n) is 6.95. The van der Waals surface area contributed by atoms with Crippen LogP contribution in [0.2, 0.25) is 5.02 Å². The number of sulfonamides is 1. The van der Waals surface area contributed by atoms with Crippen molar-refractivity contribution in [3.05, 3.63) is 88.9 Å². The summed E-state index contributed by atoms with van der Waals surface area (Å²) in [6, 6.07) is 19.1. The molecule has 3 aromatic carbocycles. The van der Waals surface area contributed by atoms with Crippen molar-refractivity contribution >= 4 is 39.1 Å². The molecule has 0 aliphatic rings. The molecule has 0 aliphatic carbocycles. The van der Waals surface area contributed by atoms with Gasteiger partial charge in [0.1, 0.15) is 18.3 Å². The van der Waals surface area contributed by atoms with Gasteiger partial charge in [0.05, 0.1) is 17.7 Å². The maximum atomic E-state index is 14.2. The van der Waals surface area contributed by atoms with Crippen LogP contribution >= 0.6 is 11.6 Å². The van der Waals surface area contributed by atoms with E-state index in [9.17, 15) is 18.0 Å². The molecule has 0 fully saturated rings. The number of aryl methyl sites for hydroxylation is 1. The fourth-order valence-corrected chi connectivity index (χ4v) is 6.03. The van der Waals surface area contributed by atoms with E-state index in [0.717, 1.165) is 16.3 Å². The molecule has 10 heteroatoms. The van der Waals surface area contributed by atoms with Crippen LogP contribution in [0, 0.1) is 6.92 Å². The normalized spacial score (nSPS) is 12.7. The Bertz CT molecular complexity index is 1430. The number of rotatable bonds is 13. The van der Waals surface area contributed by atoms with E-state index in [0.29, 0.717) is 22.8 Å². The van der Waals surface area contributed by atoms with Gasteiger partial charge in [-0.3, -0.25) is 13.9 Å². The number of benzene rings is 3. The van der Waals surface area contributed by atoms with Crippen LogP contribution in [0.15, 0.2) is 77.7 Å². The maximum absolute atomic E-state index is 14.2. The number of methoxy groups -OCH3 is 1. The number of ether oxygens (including phenoxy) is 1. The summed E-state index contributed by atoms with van der Waals surface area (Å²) in [7, 11) is -2.60. The molecule has 0 heterocycles. The zero-order chi connectivity index (χ0) is 30.2. The monoisotopic (exact) mass is 599 g/mol. The highest BCUT2D eigenvalue weighted by atomic mass is 35.5. The number of carbonyl (C=O) groups excluding carboxylic acids is 2. The Hall–Kier alpha value is -3.56. The minimum absolute atomic E-state index is 0.0374. The number of carbonyl (C=O) groups is 2. The van der Waals surface area contributed by atoms with Crippen LogP contribution in [0.3, 0.4) is 0 Å². The Kier molecular flexibility index (Phi) is 11.2. The molecular weight excluding hydrogens is 562 g/mol. The molecule has 0 unspecified atom stereocenters. The molecule has 2 amide bonds. The van der Waals surface area contributed by atoms with E-state index in [2.05, 4.69) is 5.32 Å². The molecule has 220 valence electrons. The molecule has 3 aromatic rings. The largest absolute Gasteiger partial charge is 0.497 e. The molecule has 0 aromatic heterocycles. The van der Waals surface area contributed by atoms with Crippen LogP contribution in [0.1, 0.15) is 44.7 Å². The molecular formula is C31H38ClN3O5S. The number of amides is 2. The van der Waals surface area contributed by atoms with Gasteiger partial charge in [-0.2, -0.15) is 0 Å². The highest BCUT2D eigenvalue weighted by molar-refractivity contribution is 7.92. The predicted octanol–water partition coefficient (Wildman–Crippen LogP) is 5.57. The molecule has 0 bridgehead atoms. The molecule has 0 saturated heterocycles. The van der Waals surface area contributed by atoms with Gasteiger partial charge in [0.2, 0.25) is 11.8 Å². The standard InChI is InChI=1S/C31H38ClN3O5S/c1-6-23(4)33-31(37)28(7-2)34(20-24-14-17-26(40-5)18-15-24)30(36)21-35(29-19-25(32)16-13-22(29)3)41(38,39)27-11-9-8-10-12-27/h8-19,23,28H,6-7,20-21H2,1-5H3,(H,33,37)/t23-,28+/m1/s1. The van der Waals surface area contributed by atoms with Crippen molar-refractivity contribution in [2.24, 2.45) is 0 Å². The van der Waals surface area contributed by atoms with Gasteiger partial charge in [-0.15, -0.1) is 0 Å². The molecule has 8 nitrogen and oxygen atoms in total. The van der Waals surface area contributed by atoms with E-state index in [4.69, 9.17) is 16.3 Å². The predicted molar refractivity (Wildman–Crippen MR) is 163 cm³/mol. The molecule has 0 aliphatic heterocycles. The average Bonchev–Trinajstić information content (AvgIpc) is 2.97. The second kappa shape index (κ2) is 14.4. The van der Waals surface area contributed by atoms with Gasteiger partial charge in [-0.1, -0.05) is 61.8 Å². The van der Waals surface area contributed by atoms with E-state index >= 15 is 0 Å². The lowest BCUT2D eigenvalue weighted by Crippen LogP contribution is -2.53. The third kappa shape index (κ3) is 8.01. The van der Waals surface area contributed by atoms with Gasteiger partial charge < -0.3 is 15.0 Å². The molecule has 41 heavy (non-hydrogen) atoms. The van der Waals surface area contributed by atoms with Gasteiger partial charge >= 0.3 is 0 Å². The second-order valence-electron chi connectivity index (χ2n) is 9.87. The second-order valence-corrected chi connectivity index (χ2v) is 12.2. The van der Waals surface area contributed by atoms with Crippen molar-refractivity contribution in [3.63, 3.8) is 0 Å². The summed E-state index contributed by atoms with van der Waals surface area (Å²) in [5.74, 6) is -0.157. The van der Waals surface area contributed by atoms with Gasteiger partial charge in [0.25, 0.3) is 10.0 Å². The summed E-state index contributed by atoms with van der Waals surface area (Å²) in [4.78, 5) is 29.0. The molecule has 1 N–H and O–H groups in total. The zero-order valence-electron chi connectivity index (χ0n) is 24.1. The summed E-state index contributed by atoms with van der Waals surface area (Å²) >= 11 is 6.28. The Morgan fingerprint density at radius 2 is 1.63 bits per heavy atom. The lowest BCUT2D eigenvalue weighted by molar-refractivity contribution is -0.140. The van der Waals surface area contributed by atoms with Crippen LogP contribution in [0.4, 0.5) is 5.69 Å². The quantitative estimate of drug-likeness (QED) is 0.277. The third-order valence-corrected chi connectivity index (χ3v) is 8.96. The van der Waals surface area contributed by atoms with E-state index in [1.54, 1.807) is 56.5 Å². The average molecular weight is 600 g/mol. The number of halogens is 1. The Labute approximate surface area is 248 Å². The lowest BCUT2D eigenvalue weighted by atomic mass is 10.1. The summed E-state index contributed by atoms with van der Waals surface area (Å²) in [5.41, 5.74) is 1.69. The van der Waals surface area contributed by atoms with Crippen LogP contribution in [-0.4, -0.2) is 50.9 Å². The first-order chi connectivity index (χ1) is 19.5. The number of nitrogens with zero attached hydrogens (tertiary/aromatic N) is 2. The lowest BCUT2D eigenvalue weighted by Gasteiger charge is -2.34. The van der Waals surface area contributed by atoms with Crippen molar-refractivity contribution in [1.29, 1.82) is 0 Å². The first-order valence-electron chi connectivity index (χ1n) is 13.6. The number of nitrogens with one attached hydrogen (secondary N) is 1. The van der Waals surface area contributed by atoms with Gasteiger partial charge in [-0.05, 0) is 74.2 Å². The summed E-state index contributed by atoms with van der Waals surface area (Å²) < 4.78 is 34.3. The first-order valence-corrected chi connectivity index (χ1v) is 15.4. The Morgan fingerprint density at radius 1 is 0.976 bits per heavy atom. The highest BCUT2D eigenvalue weighted by Gasteiger charge is 2.34. The van der Waals surface area contributed by atoms with Crippen molar-refractivity contribution in [2.45, 2.75) is 64.1 Å². The van der Waals surface area contributed by atoms with Crippen LogP contribution < -0.4 is 14.4 Å². The Balaban J connectivity index is 2.08. The van der Waals surface area contributed by atoms with Crippen molar-refractivity contribution in [3.8, 4) is 5.75 Å². The SMILES string of the molecule is CC[C@@H](C)NC(=O)[C@H](CC)N(Cc1ccc(OC)cc1)C(=O)CN(c1cc(Cl)ccc1C)S(=O)(=O)c1ccccc1. The number of anilines is 1. The fourth-order valence-electron chi connectivity index (χ4n) is 4.37. The Morgan fingerprint density at radius 3 is 2.22 bits per heavy atom. The minimum Gasteiger partial charge on any atom is -0.497 e. The van der Waals surface area contributed by atoms with E-state index in [-0.39, 0.29) is 29.1 Å². The van der Waals surface area contributed by atoms with Gasteiger partial charge in [0, 0.05) is 17.6 Å². The van der Waals surface area contributed by atoms with Crippen LogP contribution in [0.25, 0.3) is 0 Å².